The number of hydrogen-bond acceptors (Lipinski definition) is 0. The molecule has 0 nitrogen and oxygen atoms in total. The molecular formula is C22H11Cl. The summed E-state index contributed by atoms with van der Waals surface area (Å²) in [5, 5.41) is 8.88. The van der Waals surface area contributed by atoms with Gasteiger partial charge in [0.1, 0.15) is 0 Å². The fourth-order valence-corrected chi connectivity index (χ4v) is 4.43. The van der Waals surface area contributed by atoms with E-state index in [1.165, 1.54) is 54.6 Å². The van der Waals surface area contributed by atoms with Gasteiger partial charge in [-0.25, -0.2) is 0 Å². The maximum Gasteiger partial charge on any atom is 0.0412 e. The van der Waals surface area contributed by atoms with Crippen LogP contribution in [0.3, 0.4) is 0 Å². The van der Waals surface area contributed by atoms with Crippen LogP contribution in [0.25, 0.3) is 54.6 Å². The Balaban J connectivity index is 1.99. The van der Waals surface area contributed by atoms with Gasteiger partial charge in [-0.1, -0.05) is 60.1 Å². The van der Waals surface area contributed by atoms with E-state index in [9.17, 15) is 0 Å². The summed E-state index contributed by atoms with van der Waals surface area (Å²) in [6.45, 7) is 0. The fraction of sp³-hybridized carbons (Fsp3) is 0. The van der Waals surface area contributed by atoms with Crippen LogP contribution in [0, 0.1) is 0 Å². The summed E-state index contributed by atoms with van der Waals surface area (Å²) in [4.78, 5) is 0. The maximum absolute atomic E-state index is 6.28. The first-order valence-corrected chi connectivity index (χ1v) is 8.20. The average Bonchev–Trinajstić information content (AvgIpc) is 2.89. The van der Waals surface area contributed by atoms with Gasteiger partial charge in [-0.2, -0.15) is 0 Å². The van der Waals surface area contributed by atoms with Gasteiger partial charge in [0.15, 0.2) is 0 Å². The molecule has 23 heavy (non-hydrogen) atoms. The van der Waals surface area contributed by atoms with E-state index in [4.69, 9.17) is 11.6 Å². The highest BCUT2D eigenvalue weighted by atomic mass is 35.5. The van der Waals surface area contributed by atoms with E-state index in [0.29, 0.717) is 0 Å². The molecule has 5 aromatic rings. The predicted molar refractivity (Wildman–Crippen MR) is 99.6 cm³/mol. The van der Waals surface area contributed by atoms with Crippen molar-refractivity contribution >= 4 is 43.9 Å². The average molecular weight is 311 g/mol. The summed E-state index contributed by atoms with van der Waals surface area (Å²) in [5.41, 5.74) is 5.19. The molecule has 6 rings (SSSR count). The molecule has 1 aliphatic rings. The molecule has 0 bridgehead atoms. The lowest BCUT2D eigenvalue weighted by Crippen LogP contribution is -1.85. The third kappa shape index (κ3) is 1.34. The number of benzene rings is 5. The topological polar surface area (TPSA) is 0 Å². The Morgan fingerprint density at radius 3 is 2.13 bits per heavy atom. The third-order valence-corrected chi connectivity index (χ3v) is 5.43. The van der Waals surface area contributed by atoms with E-state index in [2.05, 4.69) is 60.7 Å². The van der Waals surface area contributed by atoms with Crippen LogP contribution in [0.1, 0.15) is 0 Å². The van der Waals surface area contributed by atoms with Crippen LogP contribution in [0.4, 0.5) is 0 Å². The first-order valence-electron chi connectivity index (χ1n) is 7.82. The molecule has 5 aromatic carbocycles. The van der Waals surface area contributed by atoms with Crippen LogP contribution < -0.4 is 0 Å². The lowest BCUT2D eigenvalue weighted by atomic mass is 9.91. The molecule has 0 atom stereocenters. The minimum absolute atomic E-state index is 0.797. The maximum atomic E-state index is 6.28. The van der Waals surface area contributed by atoms with Gasteiger partial charge in [-0.05, 0) is 72.8 Å². The summed E-state index contributed by atoms with van der Waals surface area (Å²) in [6.07, 6.45) is 0. The molecule has 0 unspecified atom stereocenters. The second kappa shape index (κ2) is 3.84. The van der Waals surface area contributed by atoms with Gasteiger partial charge < -0.3 is 0 Å². The van der Waals surface area contributed by atoms with E-state index < -0.39 is 0 Å². The summed E-state index contributed by atoms with van der Waals surface area (Å²) in [6, 6.07) is 24.1. The molecule has 0 spiro atoms. The standard InChI is InChI=1S/C22H11Cl/c23-15-7-9-16-17-8-6-13-5-4-12-2-1-3-14-10-19(18(16)11-15)22(17)21(13)20(12)14/h1-11H. The van der Waals surface area contributed by atoms with E-state index in [1.54, 1.807) is 0 Å². The van der Waals surface area contributed by atoms with E-state index >= 15 is 0 Å². The van der Waals surface area contributed by atoms with Gasteiger partial charge in [0.05, 0.1) is 0 Å². The first kappa shape index (κ1) is 11.9. The van der Waals surface area contributed by atoms with Crippen molar-refractivity contribution in [3.05, 3.63) is 71.8 Å². The Labute approximate surface area is 138 Å². The minimum atomic E-state index is 0.797. The van der Waals surface area contributed by atoms with Crippen molar-refractivity contribution in [2.45, 2.75) is 0 Å². The number of fused-ring (bicyclic) bond motifs is 3. The fourth-order valence-electron chi connectivity index (χ4n) is 4.26. The molecule has 0 N–H and O–H groups in total. The number of hydrogen-bond donors (Lipinski definition) is 0. The second-order valence-corrected chi connectivity index (χ2v) is 6.78. The lowest BCUT2D eigenvalue weighted by Gasteiger charge is -2.12. The smallest absolute Gasteiger partial charge is 0.0412 e. The zero-order chi connectivity index (χ0) is 15.1. The summed E-state index contributed by atoms with van der Waals surface area (Å²) < 4.78 is 0. The molecule has 0 aromatic heterocycles. The minimum Gasteiger partial charge on any atom is -0.0843 e. The van der Waals surface area contributed by atoms with Gasteiger partial charge in [-0.15, -0.1) is 0 Å². The molecule has 0 fully saturated rings. The SMILES string of the molecule is Clc1ccc2c(c1)-c1cc3cccc4ccc5ccc-2c1c5c43. The summed E-state index contributed by atoms with van der Waals surface area (Å²) >= 11 is 6.28. The molecular weight excluding hydrogens is 300 g/mol. The molecule has 0 aliphatic heterocycles. The van der Waals surface area contributed by atoms with E-state index in [1.807, 2.05) is 6.07 Å². The van der Waals surface area contributed by atoms with Crippen LogP contribution in [-0.2, 0) is 0 Å². The lowest BCUT2D eigenvalue weighted by molar-refractivity contribution is 1.70. The molecule has 0 amide bonds. The van der Waals surface area contributed by atoms with Gasteiger partial charge in [0.2, 0.25) is 0 Å². The second-order valence-electron chi connectivity index (χ2n) is 6.35. The van der Waals surface area contributed by atoms with Crippen molar-refractivity contribution in [1.82, 2.24) is 0 Å². The van der Waals surface area contributed by atoms with Crippen molar-refractivity contribution in [1.29, 1.82) is 0 Å². The highest BCUT2D eigenvalue weighted by Gasteiger charge is 2.24. The quantitative estimate of drug-likeness (QED) is 0.268. The molecule has 1 aliphatic carbocycles. The van der Waals surface area contributed by atoms with Crippen molar-refractivity contribution < 1.29 is 0 Å². The van der Waals surface area contributed by atoms with Crippen molar-refractivity contribution in [3.63, 3.8) is 0 Å². The van der Waals surface area contributed by atoms with E-state index in [0.717, 1.165) is 5.02 Å². The van der Waals surface area contributed by atoms with Crippen LogP contribution in [0.2, 0.25) is 5.02 Å². The molecule has 106 valence electrons. The van der Waals surface area contributed by atoms with Crippen molar-refractivity contribution in [3.8, 4) is 22.3 Å². The van der Waals surface area contributed by atoms with E-state index in [-0.39, 0.29) is 0 Å². The predicted octanol–water partition coefficient (Wildman–Crippen LogP) is 6.88. The number of halogens is 1. The largest absolute Gasteiger partial charge is 0.0843 e. The van der Waals surface area contributed by atoms with Gasteiger partial charge in [-0.3, -0.25) is 0 Å². The van der Waals surface area contributed by atoms with Gasteiger partial charge in [0, 0.05) is 5.02 Å². The van der Waals surface area contributed by atoms with Crippen LogP contribution >= 0.6 is 11.6 Å². The monoisotopic (exact) mass is 310 g/mol. The third-order valence-electron chi connectivity index (χ3n) is 5.19. The van der Waals surface area contributed by atoms with Crippen LogP contribution in [0.15, 0.2) is 66.7 Å². The van der Waals surface area contributed by atoms with Gasteiger partial charge >= 0.3 is 0 Å². The molecule has 0 saturated heterocycles. The number of rotatable bonds is 0. The Morgan fingerprint density at radius 1 is 0.478 bits per heavy atom. The summed E-state index contributed by atoms with van der Waals surface area (Å²) in [7, 11) is 0. The zero-order valence-electron chi connectivity index (χ0n) is 12.2. The molecule has 0 heterocycles. The van der Waals surface area contributed by atoms with Gasteiger partial charge in [0.25, 0.3) is 0 Å². The normalized spacial score (nSPS) is 12.6. The van der Waals surface area contributed by atoms with Crippen molar-refractivity contribution in [2.24, 2.45) is 0 Å². The van der Waals surface area contributed by atoms with Crippen molar-refractivity contribution in [2.75, 3.05) is 0 Å². The van der Waals surface area contributed by atoms with Crippen LogP contribution in [-0.4, -0.2) is 0 Å². The highest BCUT2D eigenvalue weighted by Crippen LogP contribution is 2.51. The van der Waals surface area contributed by atoms with Crippen LogP contribution in [0.5, 0.6) is 0 Å². The Hall–Kier alpha value is -2.57. The zero-order valence-corrected chi connectivity index (χ0v) is 13.0. The molecule has 1 heteroatoms. The Kier molecular flexibility index (Phi) is 1.99. The summed E-state index contributed by atoms with van der Waals surface area (Å²) in [5.74, 6) is 0. The Bertz CT molecular complexity index is 1260. The molecule has 0 saturated carbocycles. The highest BCUT2D eigenvalue weighted by molar-refractivity contribution is 6.34. The molecule has 0 radical (unpaired) electrons. The Morgan fingerprint density at radius 2 is 1.22 bits per heavy atom. The first-order chi connectivity index (χ1) is 11.3.